The number of hydrogen-bond acceptors (Lipinski definition) is 1. The molecule has 1 nitrogen and oxygen atoms in total. The molecule has 3 heteroatoms. The molecule has 0 bridgehead atoms. The third-order valence-corrected chi connectivity index (χ3v) is 5.05. The summed E-state index contributed by atoms with van der Waals surface area (Å²) in [5.74, 6) is -0.0206. The molecule has 1 aliphatic carbocycles. The first-order valence-electron chi connectivity index (χ1n) is 8.59. The summed E-state index contributed by atoms with van der Waals surface area (Å²) >= 11 is 0. The molecule has 0 spiro atoms. The largest absolute Gasteiger partial charge is 0.223 e. The Bertz CT molecular complexity index is 643. The smallest absolute Gasteiger partial charge is 0.190 e. The van der Waals surface area contributed by atoms with Crippen LogP contribution >= 0.6 is 0 Å². The molecule has 1 aromatic carbocycles. The second-order valence-electron chi connectivity index (χ2n) is 6.60. The van der Waals surface area contributed by atoms with Crippen LogP contribution in [0.2, 0.25) is 0 Å². The number of aromatic nitrogens is 1. The van der Waals surface area contributed by atoms with Crippen molar-refractivity contribution in [1.82, 2.24) is 4.98 Å². The Morgan fingerprint density at radius 3 is 2.26 bits per heavy atom. The normalized spacial score (nSPS) is 21.3. The monoisotopic (exact) mass is 315 g/mol. The van der Waals surface area contributed by atoms with Crippen LogP contribution in [0.1, 0.15) is 56.9 Å². The summed E-state index contributed by atoms with van der Waals surface area (Å²) in [4.78, 5) is 3.25. The van der Waals surface area contributed by atoms with E-state index in [0.29, 0.717) is 11.5 Å². The minimum atomic E-state index is -0.785. The van der Waals surface area contributed by atoms with Crippen LogP contribution in [-0.2, 0) is 0 Å². The Hall–Kier alpha value is -1.77. The molecule has 1 heterocycles. The van der Waals surface area contributed by atoms with Gasteiger partial charge in [-0.2, -0.15) is 13.8 Å². The molecule has 0 aliphatic heterocycles. The molecule has 0 radical (unpaired) electrons. The molecule has 1 aromatic heterocycles. The summed E-state index contributed by atoms with van der Waals surface area (Å²) in [5.41, 5.74) is 2.43. The second kappa shape index (κ2) is 7.20. The highest BCUT2D eigenvalue weighted by Gasteiger charge is 2.21. The van der Waals surface area contributed by atoms with E-state index in [0.717, 1.165) is 11.5 Å². The maximum absolute atomic E-state index is 13.8. The predicted molar refractivity (Wildman–Crippen MR) is 89.2 cm³/mol. The van der Waals surface area contributed by atoms with Gasteiger partial charge < -0.3 is 0 Å². The zero-order valence-electron chi connectivity index (χ0n) is 13.6. The maximum atomic E-state index is 13.8. The van der Waals surface area contributed by atoms with E-state index in [4.69, 9.17) is 0 Å². The number of nitrogens with zero attached hydrogens (tertiary/aromatic N) is 1. The van der Waals surface area contributed by atoms with E-state index in [9.17, 15) is 8.78 Å². The van der Waals surface area contributed by atoms with Crippen LogP contribution in [-0.4, -0.2) is 4.98 Å². The van der Waals surface area contributed by atoms with Crippen molar-refractivity contribution in [1.29, 1.82) is 0 Å². The molecule has 3 rings (SSSR count). The molecule has 122 valence electrons. The fourth-order valence-corrected chi connectivity index (χ4v) is 3.76. The SMILES string of the molecule is CCC[C@H]1CC[C@H](c2ccc(-c3ccc(F)nc3F)cc2)CC1. The van der Waals surface area contributed by atoms with Crippen LogP contribution in [0.15, 0.2) is 36.4 Å². The molecule has 23 heavy (non-hydrogen) atoms. The third kappa shape index (κ3) is 3.77. The average Bonchev–Trinajstić information content (AvgIpc) is 2.56. The lowest BCUT2D eigenvalue weighted by atomic mass is 9.77. The van der Waals surface area contributed by atoms with E-state index >= 15 is 0 Å². The second-order valence-corrected chi connectivity index (χ2v) is 6.60. The van der Waals surface area contributed by atoms with E-state index in [2.05, 4.69) is 24.0 Å². The Morgan fingerprint density at radius 2 is 1.65 bits per heavy atom. The van der Waals surface area contributed by atoms with Gasteiger partial charge in [0.15, 0.2) is 0 Å². The topological polar surface area (TPSA) is 12.9 Å². The summed E-state index contributed by atoms with van der Waals surface area (Å²) in [6.07, 6.45) is 7.75. The van der Waals surface area contributed by atoms with Gasteiger partial charge in [0.05, 0.1) is 0 Å². The highest BCUT2D eigenvalue weighted by Crippen LogP contribution is 2.38. The number of hydrogen-bond donors (Lipinski definition) is 0. The number of pyridine rings is 1. The highest BCUT2D eigenvalue weighted by atomic mass is 19.1. The molecule has 0 amide bonds. The van der Waals surface area contributed by atoms with Gasteiger partial charge in [-0.25, -0.2) is 0 Å². The lowest BCUT2D eigenvalue weighted by Gasteiger charge is -2.28. The summed E-state index contributed by atoms with van der Waals surface area (Å²) < 4.78 is 26.7. The first-order valence-corrected chi connectivity index (χ1v) is 8.59. The fourth-order valence-electron chi connectivity index (χ4n) is 3.76. The van der Waals surface area contributed by atoms with Crippen LogP contribution in [0, 0.1) is 17.8 Å². The standard InChI is InChI=1S/C20H23F2N/c1-2-3-14-4-6-15(7-5-14)16-8-10-17(11-9-16)18-12-13-19(21)23-20(18)22/h8-15H,2-7H2,1H3/t14-,15-. The van der Waals surface area contributed by atoms with Crippen molar-refractivity contribution in [3.8, 4) is 11.1 Å². The Morgan fingerprint density at radius 1 is 0.957 bits per heavy atom. The van der Waals surface area contributed by atoms with Gasteiger partial charge in [0, 0.05) is 5.56 Å². The lowest BCUT2D eigenvalue weighted by Crippen LogP contribution is -2.13. The Labute approximate surface area is 136 Å². The molecule has 0 atom stereocenters. The summed E-state index contributed by atoms with van der Waals surface area (Å²) in [6, 6.07) is 10.7. The highest BCUT2D eigenvalue weighted by molar-refractivity contribution is 5.63. The van der Waals surface area contributed by atoms with Crippen LogP contribution in [0.3, 0.4) is 0 Å². The Balaban J connectivity index is 1.70. The van der Waals surface area contributed by atoms with Crippen LogP contribution in [0.5, 0.6) is 0 Å². The minimum Gasteiger partial charge on any atom is -0.190 e. The van der Waals surface area contributed by atoms with Crippen molar-refractivity contribution in [2.45, 2.75) is 51.4 Å². The van der Waals surface area contributed by atoms with Gasteiger partial charge in [0.25, 0.3) is 0 Å². The molecule has 1 aliphatic rings. The molecule has 2 aromatic rings. The number of rotatable bonds is 4. The summed E-state index contributed by atoms with van der Waals surface area (Å²) in [5, 5.41) is 0. The third-order valence-electron chi connectivity index (χ3n) is 5.05. The molecule has 0 unspecified atom stereocenters. The molecular weight excluding hydrogens is 292 g/mol. The average molecular weight is 315 g/mol. The zero-order chi connectivity index (χ0) is 16.2. The van der Waals surface area contributed by atoms with E-state index in [1.807, 2.05) is 12.1 Å². The van der Waals surface area contributed by atoms with Gasteiger partial charge in [-0.3, -0.25) is 0 Å². The van der Waals surface area contributed by atoms with Crippen LogP contribution in [0.25, 0.3) is 11.1 Å². The van der Waals surface area contributed by atoms with Gasteiger partial charge in [0.2, 0.25) is 11.9 Å². The number of halogens is 2. The van der Waals surface area contributed by atoms with E-state index in [1.54, 1.807) is 0 Å². The van der Waals surface area contributed by atoms with Gasteiger partial charge in [-0.05, 0) is 60.8 Å². The van der Waals surface area contributed by atoms with E-state index in [-0.39, 0.29) is 0 Å². The van der Waals surface area contributed by atoms with E-state index < -0.39 is 11.9 Å². The van der Waals surface area contributed by atoms with Gasteiger partial charge in [0.1, 0.15) is 0 Å². The van der Waals surface area contributed by atoms with Crippen molar-refractivity contribution in [3.05, 3.63) is 53.9 Å². The van der Waals surface area contributed by atoms with Crippen molar-refractivity contribution in [2.24, 2.45) is 5.92 Å². The first kappa shape index (κ1) is 16.1. The number of benzene rings is 1. The maximum Gasteiger partial charge on any atom is 0.223 e. The van der Waals surface area contributed by atoms with Gasteiger partial charge in [-0.15, -0.1) is 0 Å². The molecule has 1 fully saturated rings. The molecule has 0 N–H and O–H groups in total. The predicted octanol–water partition coefficient (Wildman–Crippen LogP) is 6.10. The van der Waals surface area contributed by atoms with Crippen LogP contribution in [0.4, 0.5) is 8.78 Å². The molecular formula is C20H23F2N. The zero-order valence-corrected chi connectivity index (χ0v) is 13.6. The molecule has 1 saturated carbocycles. The fraction of sp³-hybridized carbons (Fsp3) is 0.450. The van der Waals surface area contributed by atoms with Crippen molar-refractivity contribution >= 4 is 0 Å². The van der Waals surface area contributed by atoms with Crippen molar-refractivity contribution < 1.29 is 8.78 Å². The quantitative estimate of drug-likeness (QED) is 0.621. The summed E-state index contributed by atoms with van der Waals surface area (Å²) in [6.45, 7) is 2.26. The van der Waals surface area contributed by atoms with Gasteiger partial charge >= 0.3 is 0 Å². The van der Waals surface area contributed by atoms with Gasteiger partial charge in [-0.1, -0.05) is 44.0 Å². The minimum absolute atomic E-state index is 0.351. The molecule has 0 saturated heterocycles. The first-order chi connectivity index (χ1) is 11.2. The van der Waals surface area contributed by atoms with Crippen molar-refractivity contribution in [2.75, 3.05) is 0 Å². The van der Waals surface area contributed by atoms with E-state index in [1.165, 1.54) is 56.2 Å². The lowest BCUT2D eigenvalue weighted by molar-refractivity contribution is 0.308. The van der Waals surface area contributed by atoms with Crippen molar-refractivity contribution in [3.63, 3.8) is 0 Å². The van der Waals surface area contributed by atoms with Crippen LogP contribution < -0.4 is 0 Å². The Kier molecular flexibility index (Phi) is 5.04. The summed E-state index contributed by atoms with van der Waals surface area (Å²) in [7, 11) is 0.